The molecule has 6 aromatic carbocycles. The van der Waals surface area contributed by atoms with Crippen LogP contribution in [-0.2, 0) is 0 Å². The summed E-state index contributed by atoms with van der Waals surface area (Å²) < 4.78 is 2.45. The van der Waals surface area contributed by atoms with E-state index in [2.05, 4.69) is 138 Å². The predicted octanol–water partition coefficient (Wildman–Crippen LogP) is 10.3. The molecule has 0 saturated carbocycles. The monoisotopic (exact) mass is 520 g/mol. The number of fused-ring (bicyclic) bond motifs is 12. The van der Waals surface area contributed by atoms with Gasteiger partial charge >= 0.3 is 0 Å². The van der Waals surface area contributed by atoms with Gasteiger partial charge < -0.3 is 4.57 Å². The van der Waals surface area contributed by atoms with E-state index in [1.165, 1.54) is 72.0 Å². The Balaban J connectivity index is 1.50. The van der Waals surface area contributed by atoms with Crippen LogP contribution in [0.15, 0.2) is 146 Å². The Hall–Kier alpha value is -5.47. The van der Waals surface area contributed by atoms with Crippen molar-refractivity contribution in [3.05, 3.63) is 146 Å². The fourth-order valence-corrected chi connectivity index (χ4v) is 6.87. The van der Waals surface area contributed by atoms with Crippen molar-refractivity contribution in [2.45, 2.75) is 0 Å². The second kappa shape index (κ2) is 8.51. The van der Waals surface area contributed by atoms with Crippen molar-refractivity contribution < 1.29 is 0 Å². The van der Waals surface area contributed by atoms with Crippen LogP contribution in [0.2, 0.25) is 0 Å². The van der Waals surface area contributed by atoms with Crippen LogP contribution in [0.3, 0.4) is 0 Å². The molecule has 2 nitrogen and oxygen atoms in total. The standard InChI is InChI=1S/C39H24N2/c1-2-14-28-26(12-1)27-13-3-4-17-31(27)39-32(33-23-25-11-10-22-40-35(25)24-34(28)33)18-9-21-38(39)41-36-19-7-5-15-29(36)30-16-6-8-20-37(30)41/h1-24H. The van der Waals surface area contributed by atoms with E-state index in [0.29, 0.717) is 0 Å². The zero-order chi connectivity index (χ0) is 26.9. The highest BCUT2D eigenvalue weighted by Gasteiger charge is 2.25. The lowest BCUT2D eigenvalue weighted by Gasteiger charge is -2.26. The largest absolute Gasteiger partial charge is 0.309 e. The average Bonchev–Trinajstić information content (AvgIpc) is 3.37. The van der Waals surface area contributed by atoms with Crippen LogP contribution in [0, 0.1) is 0 Å². The molecule has 190 valence electrons. The molecule has 0 N–H and O–H groups in total. The second-order valence-corrected chi connectivity index (χ2v) is 10.8. The number of hydrogen-bond acceptors (Lipinski definition) is 1. The van der Waals surface area contributed by atoms with E-state index in [0.717, 1.165) is 10.9 Å². The first-order valence-corrected chi connectivity index (χ1v) is 14.1. The molecule has 0 atom stereocenters. The van der Waals surface area contributed by atoms with Gasteiger partial charge in [-0.3, -0.25) is 4.98 Å². The topological polar surface area (TPSA) is 17.8 Å². The highest BCUT2D eigenvalue weighted by Crippen LogP contribution is 2.50. The van der Waals surface area contributed by atoms with Crippen LogP contribution < -0.4 is 0 Å². The van der Waals surface area contributed by atoms with Gasteiger partial charge in [-0.25, -0.2) is 0 Å². The van der Waals surface area contributed by atoms with E-state index < -0.39 is 0 Å². The van der Waals surface area contributed by atoms with E-state index in [9.17, 15) is 0 Å². The Morgan fingerprint density at radius 2 is 0.976 bits per heavy atom. The summed E-state index contributed by atoms with van der Waals surface area (Å²) in [5.74, 6) is 0. The summed E-state index contributed by atoms with van der Waals surface area (Å²) >= 11 is 0. The molecule has 0 radical (unpaired) electrons. The van der Waals surface area contributed by atoms with E-state index in [1.807, 2.05) is 12.3 Å². The maximum atomic E-state index is 4.74. The minimum atomic E-state index is 1.01. The van der Waals surface area contributed by atoms with Crippen molar-refractivity contribution in [2.75, 3.05) is 0 Å². The van der Waals surface area contributed by atoms with Gasteiger partial charge in [-0.15, -0.1) is 0 Å². The summed E-state index contributed by atoms with van der Waals surface area (Å²) in [5, 5.41) is 3.68. The third kappa shape index (κ3) is 3.16. The van der Waals surface area contributed by atoms with E-state index >= 15 is 0 Å². The SMILES string of the molecule is c1ccc2c(c1)-c1cc3ncccc3cc1-c1cccc(-n3c4ccccc4c4ccccc43)c1-c1ccccc1-2. The summed E-state index contributed by atoms with van der Waals surface area (Å²) in [5.41, 5.74) is 14.5. The highest BCUT2D eigenvalue weighted by molar-refractivity contribution is 6.12. The molecule has 2 heteroatoms. The molecule has 0 amide bonds. The fourth-order valence-electron chi connectivity index (χ4n) is 6.87. The molecular weight excluding hydrogens is 496 g/mol. The lowest BCUT2D eigenvalue weighted by atomic mass is 9.80. The van der Waals surface area contributed by atoms with E-state index in [4.69, 9.17) is 4.98 Å². The zero-order valence-corrected chi connectivity index (χ0v) is 22.3. The van der Waals surface area contributed by atoms with Gasteiger partial charge in [0.2, 0.25) is 0 Å². The van der Waals surface area contributed by atoms with Crippen LogP contribution >= 0.6 is 0 Å². The van der Waals surface area contributed by atoms with Gasteiger partial charge in [0, 0.05) is 27.9 Å². The molecule has 2 aromatic heterocycles. The van der Waals surface area contributed by atoms with Gasteiger partial charge in [0.05, 0.1) is 22.2 Å². The smallest absolute Gasteiger partial charge is 0.0708 e. The summed E-state index contributed by atoms with van der Waals surface area (Å²) in [7, 11) is 0. The molecule has 41 heavy (non-hydrogen) atoms. The van der Waals surface area contributed by atoms with Crippen LogP contribution in [0.1, 0.15) is 0 Å². The Bertz CT molecular complexity index is 2270. The summed E-state index contributed by atoms with van der Waals surface area (Å²) in [4.78, 5) is 4.74. The van der Waals surface area contributed by atoms with Crippen LogP contribution in [-0.4, -0.2) is 9.55 Å². The maximum Gasteiger partial charge on any atom is 0.0708 e. The highest BCUT2D eigenvalue weighted by atomic mass is 15.0. The third-order valence-corrected chi connectivity index (χ3v) is 8.60. The maximum absolute atomic E-state index is 4.74. The quantitative estimate of drug-likeness (QED) is 0.210. The Labute approximate surface area is 237 Å². The Morgan fingerprint density at radius 1 is 0.415 bits per heavy atom. The molecule has 8 aromatic rings. The lowest BCUT2D eigenvalue weighted by molar-refractivity contribution is 1.18. The van der Waals surface area contributed by atoms with Crippen molar-refractivity contribution in [3.63, 3.8) is 0 Å². The predicted molar refractivity (Wildman–Crippen MR) is 171 cm³/mol. The van der Waals surface area contributed by atoms with Crippen LogP contribution in [0.4, 0.5) is 0 Å². The number of hydrogen-bond donors (Lipinski definition) is 0. The van der Waals surface area contributed by atoms with Gasteiger partial charge in [-0.05, 0) is 75.3 Å². The van der Waals surface area contributed by atoms with Crippen LogP contribution in [0.25, 0.3) is 82.9 Å². The molecule has 0 unspecified atom stereocenters. The number of benzene rings is 6. The number of aromatic nitrogens is 2. The summed E-state index contributed by atoms with van der Waals surface area (Å²) in [6.07, 6.45) is 1.88. The first kappa shape index (κ1) is 22.4. The van der Waals surface area contributed by atoms with Crippen molar-refractivity contribution in [2.24, 2.45) is 0 Å². The van der Waals surface area contributed by atoms with E-state index in [-0.39, 0.29) is 0 Å². The first-order valence-electron chi connectivity index (χ1n) is 14.1. The molecule has 2 heterocycles. The third-order valence-electron chi connectivity index (χ3n) is 8.60. The van der Waals surface area contributed by atoms with Crippen molar-refractivity contribution in [3.8, 4) is 50.2 Å². The molecule has 1 aliphatic carbocycles. The van der Waals surface area contributed by atoms with Crippen molar-refractivity contribution in [1.82, 2.24) is 9.55 Å². The van der Waals surface area contributed by atoms with Crippen molar-refractivity contribution in [1.29, 1.82) is 0 Å². The van der Waals surface area contributed by atoms with Gasteiger partial charge in [0.15, 0.2) is 0 Å². The molecule has 0 fully saturated rings. The van der Waals surface area contributed by atoms with Gasteiger partial charge in [-0.1, -0.05) is 103 Å². The van der Waals surface area contributed by atoms with Crippen LogP contribution in [0.5, 0.6) is 0 Å². The number of nitrogens with zero attached hydrogens (tertiary/aromatic N) is 2. The molecule has 0 aliphatic heterocycles. The fraction of sp³-hybridized carbons (Fsp3) is 0. The first-order chi connectivity index (χ1) is 20.4. The molecule has 9 rings (SSSR count). The Kier molecular flexibility index (Phi) is 4.64. The number of rotatable bonds is 1. The molecular formula is C39H24N2. The molecule has 0 spiro atoms. The summed E-state index contributed by atoms with van der Waals surface area (Å²) in [6.45, 7) is 0. The van der Waals surface area contributed by atoms with Gasteiger partial charge in [0.25, 0.3) is 0 Å². The minimum Gasteiger partial charge on any atom is -0.309 e. The molecule has 0 bridgehead atoms. The summed E-state index contributed by atoms with van der Waals surface area (Å²) in [6, 6.07) is 50.8. The molecule has 0 saturated heterocycles. The second-order valence-electron chi connectivity index (χ2n) is 10.8. The normalized spacial score (nSPS) is 11.9. The van der Waals surface area contributed by atoms with Crippen molar-refractivity contribution >= 4 is 32.7 Å². The van der Waals surface area contributed by atoms with Gasteiger partial charge in [0.1, 0.15) is 0 Å². The Morgan fingerprint density at radius 3 is 1.71 bits per heavy atom. The number of pyridine rings is 1. The lowest BCUT2D eigenvalue weighted by Crippen LogP contribution is -2.03. The molecule has 1 aliphatic rings. The zero-order valence-electron chi connectivity index (χ0n) is 22.3. The van der Waals surface area contributed by atoms with E-state index in [1.54, 1.807) is 0 Å². The van der Waals surface area contributed by atoms with Gasteiger partial charge in [-0.2, -0.15) is 0 Å². The number of para-hydroxylation sites is 2. The minimum absolute atomic E-state index is 1.01. The average molecular weight is 521 g/mol.